The molecule has 0 fully saturated rings. The van der Waals surface area contributed by atoms with Gasteiger partial charge in [-0.1, -0.05) is 38.8 Å². The summed E-state index contributed by atoms with van der Waals surface area (Å²) in [5, 5.41) is 7.16. The standard InChI is InChI=1S/C11H11Br2N3/c1-2-3-10-14-11(16-15-10)7-4-8(12)6-9(13)5-7/h4-6H,2-3H2,1H3,(H,14,15,16). The normalized spacial score (nSPS) is 10.7. The summed E-state index contributed by atoms with van der Waals surface area (Å²) in [4.78, 5) is 4.44. The molecule has 0 radical (unpaired) electrons. The molecule has 16 heavy (non-hydrogen) atoms. The van der Waals surface area contributed by atoms with Gasteiger partial charge in [-0.3, -0.25) is 5.10 Å². The number of nitrogens with one attached hydrogen (secondary N) is 1. The molecule has 0 bridgehead atoms. The Morgan fingerprint density at radius 3 is 2.50 bits per heavy atom. The van der Waals surface area contributed by atoms with Gasteiger partial charge in [0, 0.05) is 20.9 Å². The number of rotatable bonds is 3. The zero-order valence-electron chi connectivity index (χ0n) is 8.80. The lowest BCUT2D eigenvalue weighted by atomic mass is 10.2. The van der Waals surface area contributed by atoms with Gasteiger partial charge in [0.05, 0.1) is 0 Å². The van der Waals surface area contributed by atoms with Crippen LogP contribution in [-0.2, 0) is 6.42 Å². The van der Waals surface area contributed by atoms with Crippen molar-refractivity contribution in [2.45, 2.75) is 19.8 Å². The maximum atomic E-state index is 4.44. The third-order valence-electron chi connectivity index (χ3n) is 2.14. The van der Waals surface area contributed by atoms with Crippen molar-refractivity contribution in [3.05, 3.63) is 33.0 Å². The number of aryl methyl sites for hydroxylation is 1. The van der Waals surface area contributed by atoms with Gasteiger partial charge in [0.1, 0.15) is 5.82 Å². The van der Waals surface area contributed by atoms with E-state index < -0.39 is 0 Å². The van der Waals surface area contributed by atoms with Crippen molar-refractivity contribution in [3.63, 3.8) is 0 Å². The number of aromatic amines is 1. The van der Waals surface area contributed by atoms with Crippen LogP contribution in [0.4, 0.5) is 0 Å². The Hall–Kier alpha value is -0.680. The van der Waals surface area contributed by atoms with E-state index in [4.69, 9.17) is 0 Å². The van der Waals surface area contributed by atoms with Gasteiger partial charge in [0.2, 0.25) is 0 Å². The number of hydrogen-bond donors (Lipinski definition) is 1. The summed E-state index contributed by atoms with van der Waals surface area (Å²) in [7, 11) is 0. The van der Waals surface area contributed by atoms with Crippen LogP contribution in [0.15, 0.2) is 27.1 Å². The molecule has 1 heterocycles. The Kier molecular flexibility index (Phi) is 3.76. The fourth-order valence-corrected chi connectivity index (χ4v) is 2.75. The molecule has 3 nitrogen and oxygen atoms in total. The number of nitrogens with zero attached hydrogens (tertiary/aromatic N) is 2. The quantitative estimate of drug-likeness (QED) is 0.915. The fraction of sp³-hybridized carbons (Fsp3) is 0.273. The lowest BCUT2D eigenvalue weighted by Gasteiger charge is -1.98. The minimum Gasteiger partial charge on any atom is -0.263 e. The first kappa shape index (κ1) is 11.8. The Morgan fingerprint density at radius 2 is 1.88 bits per heavy atom. The lowest BCUT2D eigenvalue weighted by Crippen LogP contribution is -1.85. The van der Waals surface area contributed by atoms with E-state index in [0.717, 1.165) is 39.0 Å². The van der Waals surface area contributed by atoms with Crippen LogP contribution >= 0.6 is 31.9 Å². The van der Waals surface area contributed by atoms with Crippen LogP contribution in [0.1, 0.15) is 19.2 Å². The van der Waals surface area contributed by atoms with E-state index in [2.05, 4.69) is 54.0 Å². The van der Waals surface area contributed by atoms with Gasteiger partial charge in [-0.2, -0.15) is 5.10 Å². The second-order valence-corrected chi connectivity index (χ2v) is 5.35. The zero-order valence-corrected chi connectivity index (χ0v) is 12.0. The number of aromatic nitrogens is 3. The minimum absolute atomic E-state index is 0.741. The molecule has 2 rings (SSSR count). The minimum atomic E-state index is 0.741. The van der Waals surface area contributed by atoms with E-state index in [1.165, 1.54) is 0 Å². The molecular formula is C11H11Br2N3. The summed E-state index contributed by atoms with van der Waals surface area (Å²) in [5.74, 6) is 1.68. The van der Waals surface area contributed by atoms with Gasteiger partial charge in [-0.25, -0.2) is 4.98 Å². The highest BCUT2D eigenvalue weighted by Gasteiger charge is 2.06. The summed E-state index contributed by atoms with van der Waals surface area (Å²) in [6, 6.07) is 6.00. The molecule has 0 saturated heterocycles. The van der Waals surface area contributed by atoms with E-state index in [1.54, 1.807) is 0 Å². The summed E-state index contributed by atoms with van der Waals surface area (Å²) in [5.41, 5.74) is 1.000. The SMILES string of the molecule is CCCc1nc(-c2cc(Br)cc(Br)c2)n[nH]1. The van der Waals surface area contributed by atoms with Crippen molar-refractivity contribution in [2.75, 3.05) is 0 Å². The first-order chi connectivity index (χ1) is 7.69. The Morgan fingerprint density at radius 1 is 1.19 bits per heavy atom. The molecule has 0 spiro atoms. The van der Waals surface area contributed by atoms with Crippen LogP contribution in [0.5, 0.6) is 0 Å². The van der Waals surface area contributed by atoms with E-state index in [-0.39, 0.29) is 0 Å². The van der Waals surface area contributed by atoms with Crippen LogP contribution in [0, 0.1) is 0 Å². The largest absolute Gasteiger partial charge is 0.263 e. The topological polar surface area (TPSA) is 41.6 Å². The first-order valence-corrected chi connectivity index (χ1v) is 6.65. The molecule has 0 aliphatic rings. The van der Waals surface area contributed by atoms with Gasteiger partial charge in [-0.05, 0) is 24.6 Å². The van der Waals surface area contributed by atoms with Gasteiger partial charge in [0.25, 0.3) is 0 Å². The number of hydrogen-bond acceptors (Lipinski definition) is 2. The number of benzene rings is 1. The molecule has 0 aliphatic carbocycles. The summed E-state index contributed by atoms with van der Waals surface area (Å²) in [6.45, 7) is 2.12. The highest BCUT2D eigenvalue weighted by molar-refractivity contribution is 9.11. The summed E-state index contributed by atoms with van der Waals surface area (Å²) >= 11 is 6.90. The van der Waals surface area contributed by atoms with E-state index in [0.29, 0.717) is 0 Å². The number of H-pyrrole nitrogens is 1. The number of halogens is 2. The molecule has 0 atom stereocenters. The van der Waals surface area contributed by atoms with Crippen LogP contribution in [-0.4, -0.2) is 15.2 Å². The highest BCUT2D eigenvalue weighted by Crippen LogP contribution is 2.25. The zero-order chi connectivity index (χ0) is 11.5. The maximum Gasteiger partial charge on any atom is 0.181 e. The molecule has 1 N–H and O–H groups in total. The first-order valence-electron chi connectivity index (χ1n) is 5.07. The van der Waals surface area contributed by atoms with Gasteiger partial charge in [-0.15, -0.1) is 0 Å². The third kappa shape index (κ3) is 2.71. The third-order valence-corrected chi connectivity index (χ3v) is 3.05. The Balaban J connectivity index is 2.34. The van der Waals surface area contributed by atoms with Crippen molar-refractivity contribution in [3.8, 4) is 11.4 Å². The predicted octanol–water partition coefficient (Wildman–Crippen LogP) is 3.95. The summed E-state index contributed by atoms with van der Waals surface area (Å²) in [6.07, 6.45) is 2.00. The molecule has 0 aliphatic heterocycles. The predicted molar refractivity (Wildman–Crippen MR) is 71.2 cm³/mol. The second-order valence-electron chi connectivity index (χ2n) is 3.51. The van der Waals surface area contributed by atoms with Gasteiger partial charge >= 0.3 is 0 Å². The lowest BCUT2D eigenvalue weighted by molar-refractivity contribution is 0.841. The molecule has 2 aromatic rings. The van der Waals surface area contributed by atoms with Gasteiger partial charge in [0.15, 0.2) is 5.82 Å². The smallest absolute Gasteiger partial charge is 0.181 e. The molecule has 0 saturated carbocycles. The van der Waals surface area contributed by atoms with Crippen molar-refractivity contribution in [1.82, 2.24) is 15.2 Å². The second kappa shape index (κ2) is 5.10. The van der Waals surface area contributed by atoms with Crippen molar-refractivity contribution in [1.29, 1.82) is 0 Å². The maximum absolute atomic E-state index is 4.44. The molecule has 1 aromatic carbocycles. The fourth-order valence-electron chi connectivity index (χ4n) is 1.46. The van der Waals surface area contributed by atoms with Gasteiger partial charge < -0.3 is 0 Å². The monoisotopic (exact) mass is 343 g/mol. The molecular weight excluding hydrogens is 334 g/mol. The van der Waals surface area contributed by atoms with E-state index in [9.17, 15) is 0 Å². The Bertz CT molecular complexity index is 473. The van der Waals surface area contributed by atoms with Crippen LogP contribution < -0.4 is 0 Å². The van der Waals surface area contributed by atoms with E-state index >= 15 is 0 Å². The van der Waals surface area contributed by atoms with Crippen LogP contribution in [0.2, 0.25) is 0 Å². The molecule has 84 valence electrons. The Labute approximate surface area is 111 Å². The molecule has 1 aromatic heterocycles. The van der Waals surface area contributed by atoms with Crippen LogP contribution in [0.3, 0.4) is 0 Å². The molecule has 0 amide bonds. The molecule has 5 heteroatoms. The van der Waals surface area contributed by atoms with Crippen molar-refractivity contribution in [2.24, 2.45) is 0 Å². The average molecular weight is 345 g/mol. The van der Waals surface area contributed by atoms with E-state index in [1.807, 2.05) is 18.2 Å². The summed E-state index contributed by atoms with van der Waals surface area (Å²) < 4.78 is 2.03. The average Bonchev–Trinajstić information content (AvgIpc) is 2.65. The van der Waals surface area contributed by atoms with Crippen molar-refractivity contribution < 1.29 is 0 Å². The molecule has 0 unspecified atom stereocenters. The highest BCUT2D eigenvalue weighted by atomic mass is 79.9. The van der Waals surface area contributed by atoms with Crippen molar-refractivity contribution >= 4 is 31.9 Å². The van der Waals surface area contributed by atoms with Crippen LogP contribution in [0.25, 0.3) is 11.4 Å².